The van der Waals surface area contributed by atoms with E-state index in [1.165, 1.54) is 12.0 Å². The number of amides is 1. The van der Waals surface area contributed by atoms with Gasteiger partial charge in [-0.05, 0) is 71.9 Å². The minimum atomic E-state index is -0.729. The highest BCUT2D eigenvalue weighted by atomic mass is 79.9. The molecule has 0 spiro atoms. The molecule has 8 heteroatoms. The molecule has 32 heavy (non-hydrogen) atoms. The number of phenols is 1. The lowest BCUT2D eigenvalue weighted by atomic mass is 9.77. The second kappa shape index (κ2) is 7.92. The molecule has 1 fully saturated rings. The van der Waals surface area contributed by atoms with Crippen molar-refractivity contribution in [3.8, 4) is 11.5 Å². The number of hydrogen-bond acceptors (Lipinski definition) is 6. The number of ketones is 1. The van der Waals surface area contributed by atoms with Crippen LogP contribution in [-0.2, 0) is 14.3 Å². The Labute approximate surface area is 194 Å². The predicted molar refractivity (Wildman–Crippen MR) is 120 cm³/mol. The molecule has 0 bridgehead atoms. The third kappa shape index (κ3) is 3.20. The number of aromatic nitrogens is 1. The Kier molecular flexibility index (Phi) is 5.20. The van der Waals surface area contributed by atoms with E-state index in [1.54, 1.807) is 18.2 Å². The van der Waals surface area contributed by atoms with Crippen LogP contribution >= 0.6 is 15.9 Å². The molecule has 1 aliphatic carbocycles. The SMILES string of the molecule is COc1cc(C2C3=C(OC4CCCCC4C3=O)C(=O)N2c2cccc(C)n2)cc(Br)c1O. The molecule has 5 rings (SSSR count). The molecule has 3 heterocycles. The third-order valence-corrected chi connectivity index (χ3v) is 7.07. The molecule has 1 saturated carbocycles. The highest BCUT2D eigenvalue weighted by molar-refractivity contribution is 9.10. The van der Waals surface area contributed by atoms with E-state index >= 15 is 0 Å². The van der Waals surface area contributed by atoms with E-state index in [2.05, 4.69) is 20.9 Å². The van der Waals surface area contributed by atoms with Crippen LogP contribution in [0.1, 0.15) is 43.0 Å². The number of phenolic OH excluding ortho intramolecular Hbond substituents is 1. The maximum Gasteiger partial charge on any atom is 0.295 e. The Morgan fingerprint density at radius 1 is 1.22 bits per heavy atom. The van der Waals surface area contributed by atoms with E-state index < -0.39 is 6.04 Å². The molecular weight excluding hydrogens is 476 g/mol. The van der Waals surface area contributed by atoms with Gasteiger partial charge in [-0.1, -0.05) is 12.5 Å². The minimum Gasteiger partial charge on any atom is -0.503 e. The normalized spacial score (nSPS) is 24.8. The van der Waals surface area contributed by atoms with Crippen molar-refractivity contribution in [2.45, 2.75) is 44.8 Å². The van der Waals surface area contributed by atoms with Crippen LogP contribution in [0.15, 0.2) is 46.1 Å². The fourth-order valence-corrected chi connectivity index (χ4v) is 5.43. The highest BCUT2D eigenvalue weighted by Gasteiger charge is 2.53. The molecule has 1 N–H and O–H groups in total. The number of aryl methyl sites for hydroxylation is 1. The predicted octanol–water partition coefficient (Wildman–Crippen LogP) is 4.37. The molecule has 3 aliphatic rings. The first-order valence-electron chi connectivity index (χ1n) is 10.7. The van der Waals surface area contributed by atoms with E-state index in [0.717, 1.165) is 31.4 Å². The summed E-state index contributed by atoms with van der Waals surface area (Å²) in [6.45, 7) is 1.85. The minimum absolute atomic E-state index is 0.0346. The lowest BCUT2D eigenvalue weighted by Crippen LogP contribution is -2.39. The van der Waals surface area contributed by atoms with Gasteiger partial charge in [-0.25, -0.2) is 4.98 Å². The number of aromatic hydroxyl groups is 1. The Balaban J connectivity index is 1.70. The van der Waals surface area contributed by atoms with Gasteiger partial charge in [0.15, 0.2) is 23.0 Å². The zero-order valence-electron chi connectivity index (χ0n) is 17.8. The molecule has 0 saturated heterocycles. The van der Waals surface area contributed by atoms with E-state index in [4.69, 9.17) is 9.47 Å². The molecule has 1 aromatic heterocycles. The molecule has 3 atom stereocenters. The van der Waals surface area contributed by atoms with Crippen molar-refractivity contribution in [1.82, 2.24) is 4.98 Å². The third-order valence-electron chi connectivity index (χ3n) is 6.47. The number of anilines is 1. The Morgan fingerprint density at radius 2 is 2.00 bits per heavy atom. The maximum absolute atomic E-state index is 13.7. The summed E-state index contributed by atoms with van der Waals surface area (Å²) in [5.41, 5.74) is 1.74. The van der Waals surface area contributed by atoms with Crippen molar-refractivity contribution in [2.24, 2.45) is 5.92 Å². The Morgan fingerprint density at radius 3 is 2.75 bits per heavy atom. The van der Waals surface area contributed by atoms with Crippen LogP contribution in [0.25, 0.3) is 0 Å². The standard InChI is InChI=1S/C24H23BrN2O5/c1-12-6-5-9-18(26-12)27-20(13-10-15(25)22(29)17(11-13)31-2)19-21(28)14-7-3-4-8-16(14)32-23(19)24(27)30/h5-6,9-11,14,16,20,29H,3-4,7-8H2,1-2H3. The van der Waals surface area contributed by atoms with Gasteiger partial charge in [0.2, 0.25) is 0 Å². The molecule has 0 radical (unpaired) electrons. The number of hydrogen-bond donors (Lipinski definition) is 1. The van der Waals surface area contributed by atoms with E-state index in [9.17, 15) is 14.7 Å². The number of pyridine rings is 1. The van der Waals surface area contributed by atoms with Gasteiger partial charge in [-0.2, -0.15) is 0 Å². The molecular formula is C24H23BrN2O5. The average Bonchev–Trinajstić information content (AvgIpc) is 3.08. The number of Topliss-reactive ketones (excluding diaryl/α,β-unsaturated/α-hetero) is 1. The smallest absolute Gasteiger partial charge is 0.295 e. The van der Waals surface area contributed by atoms with Gasteiger partial charge in [0.25, 0.3) is 5.91 Å². The molecule has 2 aliphatic heterocycles. The summed E-state index contributed by atoms with van der Waals surface area (Å²) in [7, 11) is 1.46. The topological polar surface area (TPSA) is 89.0 Å². The summed E-state index contributed by atoms with van der Waals surface area (Å²) in [6, 6.07) is 8.05. The molecule has 7 nitrogen and oxygen atoms in total. The fourth-order valence-electron chi connectivity index (χ4n) is 4.97. The van der Waals surface area contributed by atoms with Gasteiger partial charge < -0.3 is 14.6 Å². The first-order chi connectivity index (χ1) is 15.4. The van der Waals surface area contributed by atoms with Crippen LogP contribution in [0.3, 0.4) is 0 Å². The average molecular weight is 499 g/mol. The van der Waals surface area contributed by atoms with Gasteiger partial charge in [0, 0.05) is 5.69 Å². The molecule has 2 aromatic rings. The van der Waals surface area contributed by atoms with Crippen LogP contribution in [-0.4, -0.2) is 35.0 Å². The van der Waals surface area contributed by atoms with Crippen LogP contribution in [0.4, 0.5) is 5.82 Å². The Hall–Kier alpha value is -2.87. The number of methoxy groups -OCH3 is 1. The monoisotopic (exact) mass is 498 g/mol. The van der Waals surface area contributed by atoms with E-state index in [0.29, 0.717) is 21.4 Å². The van der Waals surface area contributed by atoms with Crippen molar-refractivity contribution < 1.29 is 24.2 Å². The van der Waals surface area contributed by atoms with Crippen molar-refractivity contribution in [1.29, 1.82) is 0 Å². The van der Waals surface area contributed by atoms with E-state index in [1.807, 2.05) is 19.1 Å². The van der Waals surface area contributed by atoms with Crippen molar-refractivity contribution in [3.05, 3.63) is 57.4 Å². The number of nitrogens with zero attached hydrogens (tertiary/aromatic N) is 2. The summed E-state index contributed by atoms with van der Waals surface area (Å²) in [6.07, 6.45) is 3.23. The van der Waals surface area contributed by atoms with Gasteiger partial charge in [0.1, 0.15) is 11.9 Å². The molecule has 1 amide bonds. The Bertz CT molecular complexity index is 1160. The zero-order chi connectivity index (χ0) is 22.6. The number of benzene rings is 1. The van der Waals surface area contributed by atoms with Crippen LogP contribution in [0.2, 0.25) is 0 Å². The fraction of sp³-hybridized carbons (Fsp3) is 0.375. The first kappa shape index (κ1) is 21.0. The summed E-state index contributed by atoms with van der Waals surface area (Å²) in [5, 5.41) is 10.3. The van der Waals surface area contributed by atoms with Gasteiger partial charge in [-0.3, -0.25) is 14.5 Å². The number of ether oxygens (including phenoxy) is 2. The van der Waals surface area contributed by atoms with Gasteiger partial charge >= 0.3 is 0 Å². The summed E-state index contributed by atoms with van der Waals surface area (Å²) in [4.78, 5) is 33.4. The maximum atomic E-state index is 13.7. The van der Waals surface area contributed by atoms with Crippen molar-refractivity contribution >= 4 is 33.4 Å². The van der Waals surface area contributed by atoms with Gasteiger partial charge in [0.05, 0.1) is 29.1 Å². The van der Waals surface area contributed by atoms with Crippen LogP contribution in [0.5, 0.6) is 11.5 Å². The number of carbonyl (C=O) groups is 2. The quantitative estimate of drug-likeness (QED) is 0.675. The second-order valence-electron chi connectivity index (χ2n) is 8.42. The van der Waals surface area contributed by atoms with Gasteiger partial charge in [-0.15, -0.1) is 0 Å². The summed E-state index contributed by atoms with van der Waals surface area (Å²) in [5.74, 6) is 0.106. The molecule has 166 valence electrons. The number of fused-ring (bicyclic) bond motifs is 1. The largest absolute Gasteiger partial charge is 0.503 e. The van der Waals surface area contributed by atoms with Crippen molar-refractivity contribution in [2.75, 3.05) is 12.0 Å². The van der Waals surface area contributed by atoms with Crippen LogP contribution < -0.4 is 9.64 Å². The van der Waals surface area contributed by atoms with Crippen LogP contribution in [0, 0.1) is 12.8 Å². The number of halogens is 1. The molecule has 3 unspecified atom stereocenters. The number of carbonyl (C=O) groups excluding carboxylic acids is 2. The lowest BCUT2D eigenvalue weighted by molar-refractivity contribution is -0.131. The van der Waals surface area contributed by atoms with Crippen molar-refractivity contribution in [3.63, 3.8) is 0 Å². The highest BCUT2D eigenvalue weighted by Crippen LogP contribution is 2.49. The second-order valence-corrected chi connectivity index (χ2v) is 9.28. The lowest BCUT2D eigenvalue weighted by Gasteiger charge is -2.35. The van der Waals surface area contributed by atoms with E-state index in [-0.39, 0.29) is 41.0 Å². The number of rotatable bonds is 3. The zero-order valence-corrected chi connectivity index (χ0v) is 19.4. The summed E-state index contributed by atoms with van der Waals surface area (Å²) >= 11 is 3.36. The first-order valence-corrected chi connectivity index (χ1v) is 11.5. The molecule has 1 aromatic carbocycles. The summed E-state index contributed by atoms with van der Waals surface area (Å²) < 4.78 is 11.9.